The van der Waals surface area contributed by atoms with E-state index in [1.165, 1.54) is 7.11 Å². The molecule has 0 amide bonds. The Bertz CT molecular complexity index is 559. The highest BCUT2D eigenvalue weighted by atomic mass is 32.2. The van der Waals surface area contributed by atoms with Crippen LogP contribution in [0.2, 0.25) is 0 Å². The van der Waals surface area contributed by atoms with Gasteiger partial charge in [0.25, 0.3) is 0 Å². The first-order chi connectivity index (χ1) is 8.38. The third kappa shape index (κ3) is 4.02. The van der Waals surface area contributed by atoms with Crippen LogP contribution in [0.3, 0.4) is 0 Å². The second-order valence-corrected chi connectivity index (χ2v) is 6.29. The van der Waals surface area contributed by atoms with E-state index >= 15 is 0 Å². The van der Waals surface area contributed by atoms with Crippen molar-refractivity contribution >= 4 is 9.84 Å². The largest absolute Gasteiger partial charge is 0.495 e. The van der Waals surface area contributed by atoms with Gasteiger partial charge in [0.2, 0.25) is 0 Å². The average Bonchev–Trinajstić information content (AvgIpc) is 2.26. The Kier molecular flexibility index (Phi) is 4.70. The van der Waals surface area contributed by atoms with E-state index in [9.17, 15) is 8.42 Å². The van der Waals surface area contributed by atoms with E-state index in [2.05, 4.69) is 0 Å². The van der Waals surface area contributed by atoms with Gasteiger partial charge in [-0.05, 0) is 24.6 Å². The zero-order valence-electron chi connectivity index (χ0n) is 10.4. The maximum atomic E-state index is 11.8. The summed E-state index contributed by atoms with van der Waals surface area (Å²) < 4.78 is 28.6. The van der Waals surface area contributed by atoms with Crippen molar-refractivity contribution in [1.82, 2.24) is 0 Å². The molecule has 0 aromatic heterocycles. The average molecular weight is 268 g/mol. The number of hydrogen-bond acceptors (Lipinski definition) is 5. The Morgan fingerprint density at radius 1 is 1.50 bits per heavy atom. The highest BCUT2D eigenvalue weighted by Crippen LogP contribution is 2.20. The Labute approximate surface area is 107 Å². The quantitative estimate of drug-likeness (QED) is 0.853. The van der Waals surface area contributed by atoms with Crippen LogP contribution >= 0.6 is 0 Å². The van der Waals surface area contributed by atoms with Gasteiger partial charge in [-0.2, -0.15) is 5.26 Å². The molecule has 1 atom stereocenters. The molecule has 0 aliphatic rings. The van der Waals surface area contributed by atoms with Crippen LogP contribution in [0.25, 0.3) is 0 Å². The van der Waals surface area contributed by atoms with Crippen LogP contribution in [0.5, 0.6) is 5.75 Å². The molecule has 5 nitrogen and oxygen atoms in total. The van der Waals surface area contributed by atoms with Gasteiger partial charge in [0.1, 0.15) is 11.8 Å². The lowest BCUT2D eigenvalue weighted by atomic mass is 10.1. The Hall–Kier alpha value is -1.58. The smallest absolute Gasteiger partial charge is 0.155 e. The molecule has 1 aromatic carbocycles. The summed E-state index contributed by atoms with van der Waals surface area (Å²) >= 11 is 0. The summed E-state index contributed by atoms with van der Waals surface area (Å²) in [6, 6.07) is 6.31. The Balaban J connectivity index is 2.96. The number of nitrogens with zero attached hydrogens (tertiary/aromatic N) is 1. The number of sulfone groups is 1. The van der Waals surface area contributed by atoms with Crippen LogP contribution in [0.4, 0.5) is 0 Å². The predicted molar refractivity (Wildman–Crippen MR) is 68.8 cm³/mol. The minimum Gasteiger partial charge on any atom is -0.495 e. The van der Waals surface area contributed by atoms with E-state index in [1.54, 1.807) is 25.1 Å². The van der Waals surface area contributed by atoms with Crippen LogP contribution in [-0.2, 0) is 15.6 Å². The van der Waals surface area contributed by atoms with Crippen LogP contribution in [0.15, 0.2) is 18.2 Å². The number of benzene rings is 1. The van der Waals surface area contributed by atoms with E-state index in [4.69, 9.17) is 15.7 Å². The van der Waals surface area contributed by atoms with Crippen molar-refractivity contribution < 1.29 is 13.2 Å². The van der Waals surface area contributed by atoms with Crippen molar-refractivity contribution in [1.29, 1.82) is 5.26 Å². The lowest BCUT2D eigenvalue weighted by Crippen LogP contribution is -2.27. The van der Waals surface area contributed by atoms with E-state index < -0.39 is 15.9 Å². The summed E-state index contributed by atoms with van der Waals surface area (Å²) in [5, 5.41) is 8.83. The number of rotatable bonds is 5. The van der Waals surface area contributed by atoms with E-state index in [0.717, 1.165) is 0 Å². The van der Waals surface area contributed by atoms with Gasteiger partial charge in [0, 0.05) is 6.04 Å². The topological polar surface area (TPSA) is 93.2 Å². The normalized spacial score (nSPS) is 12.8. The van der Waals surface area contributed by atoms with Crippen molar-refractivity contribution in [2.75, 3.05) is 12.9 Å². The number of nitrogens with two attached hydrogens (primary N) is 1. The molecule has 18 heavy (non-hydrogen) atoms. The molecule has 0 heterocycles. The van der Waals surface area contributed by atoms with Gasteiger partial charge in [-0.1, -0.05) is 6.07 Å². The molecule has 1 unspecified atom stereocenters. The molecule has 2 N–H and O–H groups in total. The summed E-state index contributed by atoms with van der Waals surface area (Å²) in [6.07, 6.45) is 0. The van der Waals surface area contributed by atoms with Crippen LogP contribution in [0, 0.1) is 11.3 Å². The minimum atomic E-state index is -3.24. The molecule has 0 radical (unpaired) electrons. The standard InChI is InChI=1S/C12H16N2O3S/c1-9(14)7-18(15,16)8-10-3-4-11(6-13)12(5-10)17-2/h3-5,9H,7-8,14H2,1-2H3. The van der Waals surface area contributed by atoms with Crippen molar-refractivity contribution in [3.8, 4) is 11.8 Å². The first kappa shape index (κ1) is 14.5. The molecule has 0 aliphatic heterocycles. The first-order valence-electron chi connectivity index (χ1n) is 5.41. The number of nitriles is 1. The highest BCUT2D eigenvalue weighted by Gasteiger charge is 2.15. The van der Waals surface area contributed by atoms with Crippen LogP contribution < -0.4 is 10.5 Å². The molecular formula is C12H16N2O3S. The molecule has 0 fully saturated rings. The fraction of sp³-hybridized carbons (Fsp3) is 0.417. The van der Waals surface area contributed by atoms with Gasteiger partial charge in [-0.3, -0.25) is 0 Å². The lowest BCUT2D eigenvalue weighted by molar-refractivity contribution is 0.413. The second kappa shape index (κ2) is 5.85. The molecule has 6 heteroatoms. The summed E-state index contributed by atoms with van der Waals surface area (Å²) in [5.41, 5.74) is 6.46. The molecular weight excluding hydrogens is 252 g/mol. The van der Waals surface area contributed by atoms with Crippen LogP contribution in [-0.4, -0.2) is 27.3 Å². The van der Waals surface area contributed by atoms with Gasteiger partial charge < -0.3 is 10.5 Å². The molecule has 1 aromatic rings. The monoisotopic (exact) mass is 268 g/mol. The van der Waals surface area contributed by atoms with E-state index in [1.807, 2.05) is 6.07 Å². The minimum absolute atomic E-state index is 0.0602. The lowest BCUT2D eigenvalue weighted by Gasteiger charge is -2.09. The zero-order valence-corrected chi connectivity index (χ0v) is 11.2. The molecule has 0 saturated carbocycles. The summed E-state index contributed by atoms with van der Waals surface area (Å²) in [6.45, 7) is 1.65. The molecule has 98 valence electrons. The van der Waals surface area contributed by atoms with Gasteiger partial charge in [0.15, 0.2) is 9.84 Å². The number of ether oxygens (including phenoxy) is 1. The van der Waals surface area contributed by atoms with Crippen molar-refractivity contribution in [3.63, 3.8) is 0 Å². The summed E-state index contributed by atoms with van der Waals surface area (Å²) in [4.78, 5) is 0. The van der Waals surface area contributed by atoms with E-state index in [-0.39, 0.29) is 11.5 Å². The van der Waals surface area contributed by atoms with E-state index in [0.29, 0.717) is 16.9 Å². The number of hydrogen-bond donors (Lipinski definition) is 1. The predicted octanol–water partition coefficient (Wildman–Crippen LogP) is 0.829. The number of methoxy groups -OCH3 is 1. The van der Waals surface area contributed by atoms with Crippen molar-refractivity contribution in [3.05, 3.63) is 29.3 Å². The summed E-state index contributed by atoms with van der Waals surface area (Å²) in [5.74, 6) is 0.220. The molecule has 0 bridgehead atoms. The maximum Gasteiger partial charge on any atom is 0.155 e. The third-order valence-electron chi connectivity index (χ3n) is 2.29. The fourth-order valence-electron chi connectivity index (χ4n) is 1.63. The summed E-state index contributed by atoms with van der Waals surface area (Å²) in [7, 11) is -1.80. The first-order valence-corrected chi connectivity index (χ1v) is 7.23. The van der Waals surface area contributed by atoms with Crippen molar-refractivity contribution in [2.24, 2.45) is 5.73 Å². The maximum absolute atomic E-state index is 11.8. The third-order valence-corrected chi connectivity index (χ3v) is 4.10. The molecule has 1 rings (SSSR count). The SMILES string of the molecule is COc1cc(CS(=O)(=O)CC(C)N)ccc1C#N. The van der Waals surface area contributed by atoms with Crippen molar-refractivity contribution in [2.45, 2.75) is 18.7 Å². The second-order valence-electron chi connectivity index (χ2n) is 4.18. The molecule has 0 saturated heterocycles. The zero-order chi connectivity index (χ0) is 13.8. The highest BCUT2D eigenvalue weighted by molar-refractivity contribution is 7.90. The Morgan fingerprint density at radius 3 is 2.67 bits per heavy atom. The van der Waals surface area contributed by atoms with Gasteiger partial charge in [-0.25, -0.2) is 8.42 Å². The van der Waals surface area contributed by atoms with Gasteiger partial charge in [0.05, 0.1) is 24.2 Å². The molecule has 0 spiro atoms. The van der Waals surface area contributed by atoms with Crippen LogP contribution in [0.1, 0.15) is 18.1 Å². The van der Waals surface area contributed by atoms with Gasteiger partial charge in [-0.15, -0.1) is 0 Å². The molecule has 0 aliphatic carbocycles. The fourth-order valence-corrected chi connectivity index (χ4v) is 3.24. The van der Waals surface area contributed by atoms with Gasteiger partial charge >= 0.3 is 0 Å². The Morgan fingerprint density at radius 2 is 2.17 bits per heavy atom.